The molecule has 3 aliphatic heterocycles. The van der Waals surface area contributed by atoms with Gasteiger partial charge in [-0.15, -0.1) is 0 Å². The summed E-state index contributed by atoms with van der Waals surface area (Å²) >= 11 is 12.8. The average molecular weight is 1040 g/mol. The van der Waals surface area contributed by atoms with E-state index in [9.17, 15) is 29.1 Å². The van der Waals surface area contributed by atoms with Crippen molar-refractivity contribution in [2.45, 2.75) is 109 Å². The van der Waals surface area contributed by atoms with E-state index in [0.717, 1.165) is 55.1 Å². The van der Waals surface area contributed by atoms with E-state index in [0.29, 0.717) is 33.5 Å². The number of likely N-dealkylation sites (N-methyl/N-ethyl adjacent to an activating group) is 2. The Morgan fingerprint density at radius 2 is 1.45 bits per heavy atom. The van der Waals surface area contributed by atoms with E-state index in [2.05, 4.69) is 15.5 Å². The average Bonchev–Trinajstić information content (AvgIpc) is 4.15. The zero-order valence-electron chi connectivity index (χ0n) is 42.1. The molecule has 0 bridgehead atoms. The summed E-state index contributed by atoms with van der Waals surface area (Å²) in [6, 6.07) is 23.0. The van der Waals surface area contributed by atoms with Crippen molar-refractivity contribution in [1.29, 1.82) is 0 Å². The van der Waals surface area contributed by atoms with Crippen molar-refractivity contribution in [3.8, 4) is 11.5 Å². The van der Waals surface area contributed by atoms with Gasteiger partial charge >= 0.3 is 0 Å². The third kappa shape index (κ3) is 13.4. The van der Waals surface area contributed by atoms with Crippen molar-refractivity contribution in [3.05, 3.63) is 129 Å². The highest BCUT2D eigenvalue weighted by molar-refractivity contribution is 6.31. The van der Waals surface area contributed by atoms with Crippen LogP contribution < -0.4 is 15.4 Å². The van der Waals surface area contributed by atoms with Gasteiger partial charge in [0.15, 0.2) is 0 Å². The van der Waals surface area contributed by atoms with Crippen LogP contribution in [0.1, 0.15) is 85.0 Å². The number of amides is 6. The fourth-order valence-electron chi connectivity index (χ4n) is 10.2. The predicted molar refractivity (Wildman–Crippen MR) is 279 cm³/mol. The number of nitrogens with one attached hydrogen (secondary N) is 2. The third-order valence-electron chi connectivity index (χ3n) is 15.1. The number of nitrogens with zero attached hydrogens (tertiary/aromatic N) is 5. The number of rotatable bonds is 12. The van der Waals surface area contributed by atoms with Gasteiger partial charge in [-0.2, -0.15) is 0 Å². The molecule has 3 heterocycles. The van der Waals surface area contributed by atoms with Gasteiger partial charge in [0, 0.05) is 99.0 Å². The van der Waals surface area contributed by atoms with Gasteiger partial charge in [0.25, 0.3) is 5.91 Å². The minimum absolute atomic E-state index is 0.0338. The molecule has 1 saturated carbocycles. The van der Waals surface area contributed by atoms with Gasteiger partial charge in [0.1, 0.15) is 23.6 Å². The van der Waals surface area contributed by atoms with Crippen LogP contribution in [-0.4, -0.2) is 142 Å². The molecular formula is C56H67Cl2N7O8. The summed E-state index contributed by atoms with van der Waals surface area (Å²) in [5.74, 6) is -2.06. The minimum Gasteiger partial charge on any atom is -0.457 e. The largest absolute Gasteiger partial charge is 0.457 e. The lowest BCUT2D eigenvalue weighted by atomic mass is 9.93. The molecule has 0 radical (unpaired) electrons. The molecule has 0 spiro atoms. The van der Waals surface area contributed by atoms with Gasteiger partial charge in [-0.05, 0) is 111 Å². The third-order valence-corrected chi connectivity index (χ3v) is 15.6. The van der Waals surface area contributed by atoms with E-state index in [1.165, 1.54) is 41.5 Å². The van der Waals surface area contributed by atoms with Crippen LogP contribution in [0.3, 0.4) is 0 Å². The van der Waals surface area contributed by atoms with Crippen molar-refractivity contribution in [3.63, 3.8) is 0 Å². The Morgan fingerprint density at radius 3 is 2.15 bits per heavy atom. The maximum atomic E-state index is 15.1. The zero-order chi connectivity index (χ0) is 51.9. The molecule has 0 aromatic heterocycles. The highest BCUT2D eigenvalue weighted by Crippen LogP contribution is 2.36. The minimum atomic E-state index is -1.44. The maximum absolute atomic E-state index is 15.1. The zero-order valence-corrected chi connectivity index (χ0v) is 43.6. The van der Waals surface area contributed by atoms with Crippen LogP contribution in [0.25, 0.3) is 0 Å². The first-order valence-electron chi connectivity index (χ1n) is 25.5. The number of aliphatic hydroxyl groups is 1. The summed E-state index contributed by atoms with van der Waals surface area (Å²) in [6.45, 7) is 6.10. The number of aliphatic hydroxyl groups excluding tert-OH is 1. The number of benzene rings is 4. The summed E-state index contributed by atoms with van der Waals surface area (Å²) in [4.78, 5) is 94.8. The molecule has 6 amide bonds. The van der Waals surface area contributed by atoms with E-state index >= 15 is 4.79 Å². The number of carbonyl (C=O) groups is 6. The van der Waals surface area contributed by atoms with E-state index in [1.807, 2.05) is 47.4 Å². The van der Waals surface area contributed by atoms with Gasteiger partial charge in [0.05, 0.1) is 19.1 Å². The number of carbonyl (C=O) groups excluding carboxylic acids is 6. The molecule has 3 N–H and O–H groups in total. The second-order valence-electron chi connectivity index (χ2n) is 20.4. The number of hydrogen-bond acceptors (Lipinski definition) is 9. The predicted octanol–water partition coefficient (Wildman–Crippen LogP) is 6.50. The molecule has 15 nitrogen and oxygen atoms in total. The molecule has 3 fully saturated rings. The molecule has 2 saturated heterocycles. The van der Waals surface area contributed by atoms with Gasteiger partial charge in [-0.25, -0.2) is 0 Å². The molecule has 388 valence electrons. The first-order chi connectivity index (χ1) is 35.0. The van der Waals surface area contributed by atoms with Crippen molar-refractivity contribution < 1.29 is 38.6 Å². The normalized spacial score (nSPS) is 23.5. The van der Waals surface area contributed by atoms with Crippen LogP contribution in [-0.2, 0) is 49.9 Å². The van der Waals surface area contributed by atoms with Gasteiger partial charge in [-0.3, -0.25) is 28.8 Å². The smallest absolute Gasteiger partial charge is 0.254 e. The second-order valence-corrected chi connectivity index (χ2v) is 21.2. The molecule has 5 atom stereocenters. The first-order valence-corrected chi connectivity index (χ1v) is 26.2. The Bertz CT molecular complexity index is 2640. The van der Waals surface area contributed by atoms with E-state index in [-0.39, 0.29) is 68.3 Å². The molecule has 8 rings (SSSR count). The lowest BCUT2D eigenvalue weighted by Gasteiger charge is -2.36. The van der Waals surface area contributed by atoms with Crippen LogP contribution in [0.4, 0.5) is 0 Å². The summed E-state index contributed by atoms with van der Waals surface area (Å²) in [6.07, 6.45) is 4.52. The number of likely N-dealkylation sites (tertiary alicyclic amines) is 1. The Balaban J connectivity index is 1.08. The van der Waals surface area contributed by atoms with Crippen molar-refractivity contribution in [2.75, 3.05) is 46.9 Å². The molecule has 1 aliphatic carbocycles. The molecule has 4 aromatic rings. The fourth-order valence-corrected chi connectivity index (χ4v) is 10.5. The highest BCUT2D eigenvalue weighted by atomic mass is 35.5. The van der Waals surface area contributed by atoms with Crippen molar-refractivity contribution in [2.24, 2.45) is 11.8 Å². The summed E-state index contributed by atoms with van der Waals surface area (Å²) < 4.78 is 6.54. The second kappa shape index (κ2) is 23.9. The monoisotopic (exact) mass is 1040 g/mol. The van der Waals surface area contributed by atoms with Crippen molar-refractivity contribution >= 4 is 58.6 Å². The molecule has 17 heteroatoms. The molecule has 73 heavy (non-hydrogen) atoms. The van der Waals surface area contributed by atoms with Gasteiger partial charge < -0.3 is 45.0 Å². The number of hydrogen-bond donors (Lipinski definition) is 3. The van der Waals surface area contributed by atoms with Crippen LogP contribution in [0.15, 0.2) is 91.0 Å². The SMILES string of the molecule is C[C@H]1CNC(=O)C[C@H](Cc2ccc(Cl)cc2)N(C)C(=O)[C@H](CO)NC(=O)[C@H](C)N(Cc2ccc(Cl)cc2Oc2ccc3c(c2)C(=O)N(C2CCN(CC4CC4)CC2)C3)C(=O)C[C@@H](Cc2ccccc2)C(=O)N1C. The standard InChI is InChI=1S/C56H67Cl2N7O8/c1-35-30-59-51(67)28-46(25-38-12-16-43(57)17-13-38)62(4)56(72)49(34-66)60-53(69)36(2)64(52(68)26-42(54(70)61(35)3)24-37-8-6-5-7-9-37)33-41-14-18-44(58)27-50(41)73-47-19-15-40-32-65(55(71)48(40)29-47)45-20-22-63(23-21-45)31-39-10-11-39/h5-9,12-19,27,29,35-36,39,42,45-46,49,66H,10-11,20-26,28,30-34H2,1-4H3,(H,59,67)(H,60,69)/t35-,36-,42+,46-,49-/m0/s1. The lowest BCUT2D eigenvalue weighted by Crippen LogP contribution is -2.57. The van der Waals surface area contributed by atoms with Crippen molar-refractivity contribution in [1.82, 2.24) is 35.1 Å². The van der Waals surface area contributed by atoms with E-state index < -0.39 is 54.4 Å². The van der Waals surface area contributed by atoms with E-state index in [4.69, 9.17) is 27.9 Å². The lowest BCUT2D eigenvalue weighted by molar-refractivity contribution is -0.146. The number of piperidine rings is 1. The van der Waals surface area contributed by atoms with Crippen LogP contribution in [0, 0.1) is 11.8 Å². The first kappa shape index (κ1) is 53.3. The summed E-state index contributed by atoms with van der Waals surface area (Å²) in [7, 11) is 3.15. The summed E-state index contributed by atoms with van der Waals surface area (Å²) in [5, 5.41) is 17.2. The molecule has 4 aliphatic rings. The van der Waals surface area contributed by atoms with Gasteiger partial charge in [0.2, 0.25) is 29.5 Å². The Kier molecular flexibility index (Phi) is 17.5. The Hall–Kier alpha value is -6.00. The van der Waals surface area contributed by atoms with Gasteiger partial charge in [-0.1, -0.05) is 77.8 Å². The van der Waals surface area contributed by atoms with Crippen LogP contribution in [0.2, 0.25) is 10.0 Å². The molecular weight excluding hydrogens is 970 g/mol. The number of ether oxygens (including phenoxy) is 1. The quantitative estimate of drug-likeness (QED) is 0.143. The number of halogens is 2. The topological polar surface area (TPSA) is 172 Å². The van der Waals surface area contributed by atoms with Crippen LogP contribution >= 0.6 is 23.2 Å². The van der Waals surface area contributed by atoms with Crippen LogP contribution in [0.5, 0.6) is 11.5 Å². The Morgan fingerprint density at radius 1 is 0.753 bits per heavy atom. The fraction of sp³-hybridized carbons (Fsp3) is 0.464. The number of fused-ring (bicyclic) bond motifs is 1. The molecule has 0 unspecified atom stereocenters. The molecule has 4 aromatic carbocycles. The summed E-state index contributed by atoms with van der Waals surface area (Å²) in [5.41, 5.74) is 3.58. The van der Waals surface area contributed by atoms with E-state index in [1.54, 1.807) is 62.5 Å². The maximum Gasteiger partial charge on any atom is 0.254 e. The highest BCUT2D eigenvalue weighted by Gasteiger charge is 2.38. The Labute approximate surface area is 438 Å².